The van der Waals surface area contributed by atoms with Crippen LogP contribution in [-0.4, -0.2) is 5.78 Å². The highest BCUT2D eigenvalue weighted by Gasteiger charge is 2.22. The van der Waals surface area contributed by atoms with E-state index in [1.54, 1.807) is 11.3 Å². The third-order valence-electron chi connectivity index (χ3n) is 2.67. The molecule has 0 spiro atoms. The molecule has 0 radical (unpaired) electrons. The molecule has 0 atom stereocenters. The first-order chi connectivity index (χ1) is 6.77. The first-order valence-corrected chi connectivity index (χ1v) is 6.11. The zero-order valence-corrected chi connectivity index (χ0v) is 9.74. The van der Waals surface area contributed by atoms with Gasteiger partial charge in [0.25, 0.3) is 0 Å². The predicted molar refractivity (Wildman–Crippen MR) is 62.2 cm³/mol. The van der Waals surface area contributed by atoms with Gasteiger partial charge >= 0.3 is 0 Å². The van der Waals surface area contributed by atoms with Crippen LogP contribution in [0.25, 0.3) is 10.1 Å². The molecule has 0 bridgehead atoms. The van der Waals surface area contributed by atoms with Crippen molar-refractivity contribution in [2.45, 2.75) is 12.8 Å². The van der Waals surface area contributed by atoms with E-state index in [1.807, 2.05) is 12.1 Å². The van der Waals surface area contributed by atoms with Crippen LogP contribution in [0.2, 0.25) is 0 Å². The van der Waals surface area contributed by atoms with Gasteiger partial charge in [-0.15, -0.1) is 11.3 Å². The molecule has 70 valence electrons. The Morgan fingerprint density at radius 2 is 2.14 bits per heavy atom. The summed E-state index contributed by atoms with van der Waals surface area (Å²) in [4.78, 5) is 11.7. The Kier molecular flexibility index (Phi) is 1.79. The van der Waals surface area contributed by atoms with Crippen molar-refractivity contribution in [3.63, 3.8) is 0 Å². The lowest BCUT2D eigenvalue weighted by Crippen LogP contribution is -2.07. The largest absolute Gasteiger partial charge is 0.294 e. The molecule has 0 N–H and O–H groups in total. The van der Waals surface area contributed by atoms with Gasteiger partial charge in [0.15, 0.2) is 5.78 Å². The summed E-state index contributed by atoms with van der Waals surface area (Å²) in [5.41, 5.74) is 2.23. The minimum absolute atomic E-state index is 0.286. The summed E-state index contributed by atoms with van der Waals surface area (Å²) in [6.45, 7) is 0. The third-order valence-corrected chi connectivity index (χ3v) is 4.62. The van der Waals surface area contributed by atoms with Crippen molar-refractivity contribution in [3.05, 3.63) is 33.1 Å². The van der Waals surface area contributed by atoms with Crippen molar-refractivity contribution in [2.24, 2.45) is 0 Å². The Bertz CT molecular complexity index is 541. The molecule has 3 heteroatoms. The van der Waals surface area contributed by atoms with Crippen molar-refractivity contribution in [2.75, 3.05) is 0 Å². The summed E-state index contributed by atoms with van der Waals surface area (Å²) in [5, 5.41) is 1.18. The molecule has 0 aliphatic heterocycles. The predicted octanol–water partition coefficient (Wildman–Crippen LogP) is 3.79. The number of ketones is 1. The van der Waals surface area contributed by atoms with E-state index in [-0.39, 0.29) is 5.78 Å². The van der Waals surface area contributed by atoms with E-state index in [2.05, 4.69) is 22.0 Å². The second-order valence-corrected chi connectivity index (χ2v) is 5.83. The number of halogens is 1. The van der Waals surface area contributed by atoms with E-state index in [9.17, 15) is 4.79 Å². The molecular weight excluding hydrogens is 260 g/mol. The highest BCUT2D eigenvalue weighted by molar-refractivity contribution is 9.11. The number of Topliss-reactive ketones (excluding diaryl/α,β-unsaturated/α-hetero) is 1. The van der Waals surface area contributed by atoms with E-state index in [0.717, 1.165) is 12.0 Å². The maximum Gasteiger partial charge on any atom is 0.163 e. The molecular formula is C11H7BrOS. The highest BCUT2D eigenvalue weighted by atomic mass is 79.9. The number of carbonyl (C=O) groups is 1. The van der Waals surface area contributed by atoms with Crippen LogP contribution in [0.1, 0.15) is 22.3 Å². The van der Waals surface area contributed by atoms with Crippen molar-refractivity contribution in [3.8, 4) is 0 Å². The highest BCUT2D eigenvalue weighted by Crippen LogP contribution is 2.40. The summed E-state index contributed by atoms with van der Waals surface area (Å²) in [6, 6.07) is 5.98. The van der Waals surface area contributed by atoms with Crippen molar-refractivity contribution in [1.29, 1.82) is 0 Å². The van der Waals surface area contributed by atoms with Gasteiger partial charge in [-0.25, -0.2) is 0 Å². The number of hydrogen-bond acceptors (Lipinski definition) is 2. The lowest BCUT2D eigenvalue weighted by atomic mass is 9.92. The Morgan fingerprint density at radius 3 is 3.00 bits per heavy atom. The van der Waals surface area contributed by atoms with Gasteiger partial charge < -0.3 is 0 Å². The summed E-state index contributed by atoms with van der Waals surface area (Å²) in [7, 11) is 0. The number of rotatable bonds is 0. The average molecular weight is 267 g/mol. The van der Waals surface area contributed by atoms with E-state index >= 15 is 0 Å². The van der Waals surface area contributed by atoms with Crippen LogP contribution in [0.4, 0.5) is 0 Å². The van der Waals surface area contributed by atoms with Gasteiger partial charge in [-0.1, -0.05) is 12.1 Å². The van der Waals surface area contributed by atoms with Crippen LogP contribution < -0.4 is 0 Å². The van der Waals surface area contributed by atoms with E-state index < -0.39 is 0 Å². The Balaban J connectivity index is 2.53. The summed E-state index contributed by atoms with van der Waals surface area (Å²) >= 11 is 5.29. The normalized spacial score (nSPS) is 15.1. The molecule has 1 heterocycles. The molecule has 1 aliphatic carbocycles. The van der Waals surface area contributed by atoms with Gasteiger partial charge in [-0.05, 0) is 34.0 Å². The first-order valence-electron chi connectivity index (χ1n) is 4.50. The molecule has 3 rings (SSSR count). The fourth-order valence-corrected chi connectivity index (χ4v) is 3.93. The first kappa shape index (κ1) is 8.62. The topological polar surface area (TPSA) is 17.1 Å². The van der Waals surface area contributed by atoms with Gasteiger partial charge in [0, 0.05) is 22.1 Å². The lowest BCUT2D eigenvalue weighted by Gasteiger charge is -2.11. The second-order valence-electron chi connectivity index (χ2n) is 3.46. The minimum atomic E-state index is 0.286. The van der Waals surface area contributed by atoms with Crippen molar-refractivity contribution < 1.29 is 4.79 Å². The number of aryl methyl sites for hydroxylation is 1. The Morgan fingerprint density at radius 1 is 1.29 bits per heavy atom. The van der Waals surface area contributed by atoms with Crippen LogP contribution in [0.3, 0.4) is 0 Å². The lowest BCUT2D eigenvalue weighted by molar-refractivity contribution is 0.0982. The van der Waals surface area contributed by atoms with E-state index in [1.165, 1.54) is 19.4 Å². The third kappa shape index (κ3) is 1.03. The Hall–Kier alpha value is -0.670. The van der Waals surface area contributed by atoms with Crippen LogP contribution in [0, 0.1) is 0 Å². The average Bonchev–Trinajstić information content (AvgIpc) is 2.50. The molecule has 14 heavy (non-hydrogen) atoms. The molecule has 2 aromatic rings. The molecule has 1 aromatic carbocycles. The summed E-state index contributed by atoms with van der Waals surface area (Å²) in [6.07, 6.45) is 1.54. The molecule has 1 aliphatic rings. The number of hydrogen-bond donors (Lipinski definition) is 0. The Labute approximate surface area is 93.9 Å². The quantitative estimate of drug-likeness (QED) is 0.709. The monoisotopic (exact) mass is 266 g/mol. The summed E-state index contributed by atoms with van der Waals surface area (Å²) < 4.78 is 2.41. The van der Waals surface area contributed by atoms with Crippen LogP contribution in [-0.2, 0) is 6.42 Å². The number of carbonyl (C=O) groups excluding carboxylic acids is 1. The maximum atomic E-state index is 11.7. The fourth-order valence-electron chi connectivity index (χ4n) is 2.01. The van der Waals surface area contributed by atoms with Gasteiger partial charge in [0.1, 0.15) is 0 Å². The molecule has 0 amide bonds. The summed E-state index contributed by atoms with van der Waals surface area (Å²) in [5.74, 6) is 0.286. The minimum Gasteiger partial charge on any atom is -0.294 e. The standard InChI is InChI=1S/C11H7BrOS/c12-11-7-4-5-8(13)6-2-1-3-9(14-11)10(6)7/h1-3H,4-5H2. The smallest absolute Gasteiger partial charge is 0.163 e. The van der Waals surface area contributed by atoms with Gasteiger partial charge in [0.2, 0.25) is 0 Å². The number of benzene rings is 1. The molecule has 1 nitrogen and oxygen atoms in total. The molecule has 0 unspecified atom stereocenters. The SMILES string of the molecule is O=C1CCc2c(Br)sc3cccc1c23. The van der Waals surface area contributed by atoms with Crippen molar-refractivity contribution in [1.82, 2.24) is 0 Å². The van der Waals surface area contributed by atoms with E-state index in [4.69, 9.17) is 0 Å². The fraction of sp³-hybridized carbons (Fsp3) is 0.182. The van der Waals surface area contributed by atoms with E-state index in [0.29, 0.717) is 6.42 Å². The molecule has 0 saturated heterocycles. The zero-order valence-electron chi connectivity index (χ0n) is 7.34. The van der Waals surface area contributed by atoms with Crippen LogP contribution >= 0.6 is 27.3 Å². The van der Waals surface area contributed by atoms with Crippen molar-refractivity contribution >= 4 is 43.1 Å². The maximum absolute atomic E-state index is 11.7. The van der Waals surface area contributed by atoms with Gasteiger partial charge in [-0.3, -0.25) is 4.79 Å². The number of thiophene rings is 1. The molecule has 0 fully saturated rings. The van der Waals surface area contributed by atoms with Gasteiger partial charge in [-0.2, -0.15) is 0 Å². The molecule has 1 aromatic heterocycles. The second kappa shape index (κ2) is 2.91. The molecule has 0 saturated carbocycles. The van der Waals surface area contributed by atoms with Gasteiger partial charge in [0.05, 0.1) is 3.79 Å². The van der Waals surface area contributed by atoms with Crippen LogP contribution in [0.5, 0.6) is 0 Å². The van der Waals surface area contributed by atoms with Crippen LogP contribution in [0.15, 0.2) is 22.0 Å². The zero-order chi connectivity index (χ0) is 9.71.